The summed E-state index contributed by atoms with van der Waals surface area (Å²) in [5, 5.41) is 9.25. The number of aryl methyl sites for hydroxylation is 1. The summed E-state index contributed by atoms with van der Waals surface area (Å²) in [6, 6.07) is 7.35. The first kappa shape index (κ1) is 21.6. The van der Waals surface area contributed by atoms with E-state index in [4.69, 9.17) is 0 Å². The lowest BCUT2D eigenvalue weighted by Gasteiger charge is -2.35. The van der Waals surface area contributed by atoms with Crippen LogP contribution in [0.5, 0.6) is 0 Å². The molecule has 1 aliphatic heterocycles. The lowest BCUT2D eigenvalue weighted by atomic mass is 9.70. The molecule has 7 nitrogen and oxygen atoms in total. The Labute approximate surface area is 187 Å². The molecule has 2 aliphatic rings. The normalized spacial score (nSPS) is 18.5. The second-order valence-electron chi connectivity index (χ2n) is 9.03. The van der Waals surface area contributed by atoms with Crippen LogP contribution in [0.4, 0.5) is 20.4 Å². The molecule has 2 aromatic rings. The summed E-state index contributed by atoms with van der Waals surface area (Å²) in [6.07, 6.45) is 4.38. The number of hydrogen-bond acceptors (Lipinski definition) is 4. The molecule has 0 bridgehead atoms. The Morgan fingerprint density at radius 2 is 2.10 bits per heavy atom. The molecule has 1 atom stereocenters. The third kappa shape index (κ3) is 4.84. The smallest absolute Gasteiger partial charge is 0.321 e. The van der Waals surface area contributed by atoms with Crippen molar-refractivity contribution in [2.24, 2.45) is 11.3 Å². The van der Waals surface area contributed by atoms with Gasteiger partial charge in [-0.25, -0.2) is 14.6 Å². The molecule has 8 heteroatoms. The zero-order valence-electron chi connectivity index (χ0n) is 18.5. The van der Waals surface area contributed by atoms with Gasteiger partial charge in [0.1, 0.15) is 0 Å². The van der Waals surface area contributed by atoms with E-state index in [0.717, 1.165) is 36.2 Å². The van der Waals surface area contributed by atoms with Crippen LogP contribution in [0, 0.1) is 11.3 Å². The number of thiazole rings is 1. The number of hydrogen-bond donors (Lipinski definition) is 3. The van der Waals surface area contributed by atoms with Crippen LogP contribution in [0.2, 0.25) is 0 Å². The van der Waals surface area contributed by atoms with Crippen LogP contribution in [0.15, 0.2) is 24.3 Å². The van der Waals surface area contributed by atoms with Crippen molar-refractivity contribution in [1.29, 1.82) is 0 Å². The third-order valence-electron chi connectivity index (χ3n) is 6.73. The van der Waals surface area contributed by atoms with Crippen molar-refractivity contribution < 1.29 is 9.59 Å². The summed E-state index contributed by atoms with van der Waals surface area (Å²) in [5.74, 6) is 0.668. The first-order valence-corrected chi connectivity index (χ1v) is 11.8. The zero-order chi connectivity index (χ0) is 22.0. The molecular weight excluding hydrogens is 410 g/mol. The van der Waals surface area contributed by atoms with Crippen molar-refractivity contribution in [3.8, 4) is 0 Å². The molecule has 1 aliphatic carbocycles. The maximum absolute atomic E-state index is 12.4. The highest BCUT2D eigenvalue weighted by Gasteiger charge is 2.32. The highest BCUT2D eigenvalue weighted by atomic mass is 32.1. The summed E-state index contributed by atoms with van der Waals surface area (Å²) >= 11 is 1.61. The first-order valence-electron chi connectivity index (χ1n) is 11.0. The quantitative estimate of drug-likeness (QED) is 0.615. The lowest BCUT2D eigenvalue weighted by molar-refractivity contribution is 0.183. The number of amides is 4. The van der Waals surface area contributed by atoms with E-state index in [1.54, 1.807) is 16.2 Å². The fourth-order valence-corrected chi connectivity index (χ4v) is 5.30. The maximum Gasteiger partial charge on any atom is 0.321 e. The molecule has 3 N–H and O–H groups in total. The molecule has 4 rings (SSSR count). The van der Waals surface area contributed by atoms with E-state index in [9.17, 15) is 9.59 Å². The lowest BCUT2D eigenvalue weighted by Crippen LogP contribution is -2.28. The monoisotopic (exact) mass is 441 g/mol. The molecule has 1 saturated heterocycles. The minimum atomic E-state index is -0.250. The number of fused-ring (bicyclic) bond motifs is 1. The van der Waals surface area contributed by atoms with Gasteiger partial charge in [-0.05, 0) is 48.3 Å². The summed E-state index contributed by atoms with van der Waals surface area (Å²) in [4.78, 5) is 31.8. The number of carbonyl (C=O) groups is 2. The summed E-state index contributed by atoms with van der Waals surface area (Å²) < 4.78 is 0. The van der Waals surface area contributed by atoms with Crippen LogP contribution in [0.3, 0.4) is 0 Å². The summed E-state index contributed by atoms with van der Waals surface area (Å²) in [7, 11) is 0. The zero-order valence-corrected chi connectivity index (χ0v) is 19.3. The van der Waals surface area contributed by atoms with Gasteiger partial charge in [0.05, 0.1) is 5.69 Å². The maximum atomic E-state index is 12.4. The van der Waals surface area contributed by atoms with Gasteiger partial charge in [-0.2, -0.15) is 0 Å². The van der Waals surface area contributed by atoms with Crippen LogP contribution in [-0.2, 0) is 19.4 Å². The largest absolute Gasteiger partial charge is 0.336 e. The number of carbonyl (C=O) groups excluding carboxylic acids is 2. The van der Waals surface area contributed by atoms with E-state index in [-0.39, 0.29) is 12.1 Å². The number of nitrogens with zero attached hydrogens (tertiary/aromatic N) is 2. The van der Waals surface area contributed by atoms with E-state index in [1.165, 1.54) is 11.3 Å². The highest BCUT2D eigenvalue weighted by Crippen LogP contribution is 2.41. The van der Waals surface area contributed by atoms with Gasteiger partial charge in [-0.15, -0.1) is 11.3 Å². The average Bonchev–Trinajstić information content (AvgIpc) is 3.37. The van der Waals surface area contributed by atoms with Gasteiger partial charge in [-0.1, -0.05) is 39.3 Å². The van der Waals surface area contributed by atoms with E-state index < -0.39 is 0 Å². The van der Waals surface area contributed by atoms with Gasteiger partial charge in [0.15, 0.2) is 5.13 Å². The molecule has 1 fully saturated rings. The highest BCUT2D eigenvalue weighted by molar-refractivity contribution is 7.15. The SMILES string of the molecule is CCC(C)(C)C1CCc2nc(NC(=O)NCc3ccc(N4CCNC4=O)cc3)sc2C1. The summed E-state index contributed by atoms with van der Waals surface area (Å²) in [5.41, 5.74) is 3.31. The van der Waals surface area contributed by atoms with Crippen molar-refractivity contribution in [2.45, 2.75) is 53.0 Å². The number of benzene rings is 1. The van der Waals surface area contributed by atoms with Gasteiger partial charge < -0.3 is 10.6 Å². The first-order chi connectivity index (χ1) is 14.9. The Bertz CT molecular complexity index is 953. The van der Waals surface area contributed by atoms with Gasteiger partial charge >= 0.3 is 12.1 Å². The Kier molecular flexibility index (Phi) is 6.18. The van der Waals surface area contributed by atoms with Crippen LogP contribution in [-0.4, -0.2) is 30.1 Å². The third-order valence-corrected chi connectivity index (χ3v) is 7.77. The van der Waals surface area contributed by atoms with Crippen molar-refractivity contribution >= 4 is 34.2 Å². The molecule has 0 saturated carbocycles. The number of nitrogens with one attached hydrogen (secondary N) is 3. The summed E-state index contributed by atoms with van der Waals surface area (Å²) in [6.45, 7) is 8.71. The second-order valence-corrected chi connectivity index (χ2v) is 10.1. The van der Waals surface area contributed by atoms with Crippen LogP contribution in [0.25, 0.3) is 0 Å². The molecule has 31 heavy (non-hydrogen) atoms. The molecular formula is C23H31N5O2S. The predicted octanol–water partition coefficient (Wildman–Crippen LogP) is 4.54. The molecule has 4 amide bonds. The Balaban J connectivity index is 1.29. The van der Waals surface area contributed by atoms with Crippen LogP contribution < -0.4 is 20.9 Å². The van der Waals surface area contributed by atoms with Gasteiger partial charge in [0, 0.05) is 30.2 Å². The minimum absolute atomic E-state index is 0.0685. The number of anilines is 2. The number of urea groups is 2. The van der Waals surface area contributed by atoms with Crippen molar-refractivity contribution in [2.75, 3.05) is 23.3 Å². The molecule has 0 radical (unpaired) electrons. The Morgan fingerprint density at radius 3 is 2.77 bits per heavy atom. The molecule has 1 aromatic heterocycles. The fourth-order valence-electron chi connectivity index (χ4n) is 4.22. The van der Waals surface area contributed by atoms with Gasteiger partial charge in [-0.3, -0.25) is 10.2 Å². The Hall–Kier alpha value is -2.61. The van der Waals surface area contributed by atoms with Gasteiger partial charge in [0.25, 0.3) is 0 Å². The number of rotatable bonds is 6. The predicted molar refractivity (Wildman–Crippen MR) is 125 cm³/mol. The minimum Gasteiger partial charge on any atom is -0.336 e. The second kappa shape index (κ2) is 8.86. The average molecular weight is 442 g/mol. The molecule has 0 spiro atoms. The number of aromatic nitrogens is 1. The van der Waals surface area contributed by atoms with E-state index in [1.807, 2.05) is 24.3 Å². The van der Waals surface area contributed by atoms with Gasteiger partial charge in [0.2, 0.25) is 0 Å². The van der Waals surface area contributed by atoms with E-state index >= 15 is 0 Å². The van der Waals surface area contributed by atoms with E-state index in [0.29, 0.717) is 36.1 Å². The van der Waals surface area contributed by atoms with Crippen molar-refractivity contribution in [3.05, 3.63) is 40.4 Å². The van der Waals surface area contributed by atoms with E-state index in [2.05, 4.69) is 41.7 Å². The van der Waals surface area contributed by atoms with Crippen LogP contribution >= 0.6 is 11.3 Å². The van der Waals surface area contributed by atoms with Crippen LogP contribution in [0.1, 0.15) is 49.7 Å². The topological polar surface area (TPSA) is 86.4 Å². The Morgan fingerprint density at radius 1 is 1.32 bits per heavy atom. The molecule has 2 heterocycles. The van der Waals surface area contributed by atoms with Crippen molar-refractivity contribution in [3.63, 3.8) is 0 Å². The standard InChI is InChI=1S/C23H31N5O2S/c1-4-23(2,3)16-7-10-18-19(13-16)31-21(26-18)27-20(29)25-14-15-5-8-17(9-6-15)28-12-11-24-22(28)30/h5-6,8-9,16H,4,7,10-14H2,1-3H3,(H,24,30)(H2,25,26,27,29). The fraction of sp³-hybridized carbons (Fsp3) is 0.522. The molecule has 1 aromatic carbocycles. The molecule has 166 valence electrons. The molecule has 1 unspecified atom stereocenters. The van der Waals surface area contributed by atoms with Crippen molar-refractivity contribution in [1.82, 2.24) is 15.6 Å².